The first-order valence-corrected chi connectivity index (χ1v) is 5.48. The number of esters is 1. The summed E-state index contributed by atoms with van der Waals surface area (Å²) >= 11 is 0. The lowest BCUT2D eigenvalue weighted by molar-refractivity contribution is -0.141. The summed E-state index contributed by atoms with van der Waals surface area (Å²) in [6.45, 7) is 0. The highest BCUT2D eigenvalue weighted by atomic mass is 16.5. The number of carbonyl (C=O) groups excluding carboxylic acids is 1. The van der Waals surface area contributed by atoms with Crippen LogP contribution in [0.2, 0.25) is 0 Å². The van der Waals surface area contributed by atoms with E-state index in [1.54, 1.807) is 7.11 Å². The zero-order chi connectivity index (χ0) is 11.5. The van der Waals surface area contributed by atoms with Crippen molar-refractivity contribution in [2.75, 3.05) is 14.2 Å². The summed E-state index contributed by atoms with van der Waals surface area (Å²) in [5.74, 6) is 1.07. The second-order valence-electron chi connectivity index (χ2n) is 4.08. The minimum absolute atomic E-state index is 0.131. The fourth-order valence-electron chi connectivity index (χ4n) is 2.31. The number of methoxy groups -OCH3 is 2. The molecule has 0 fully saturated rings. The van der Waals surface area contributed by atoms with Gasteiger partial charge in [0.25, 0.3) is 0 Å². The van der Waals surface area contributed by atoms with Crippen LogP contribution in [0.1, 0.15) is 29.9 Å². The van der Waals surface area contributed by atoms with E-state index < -0.39 is 0 Å². The molecule has 16 heavy (non-hydrogen) atoms. The molecule has 0 saturated heterocycles. The van der Waals surface area contributed by atoms with Crippen LogP contribution < -0.4 is 4.74 Å². The molecule has 0 heterocycles. The lowest BCUT2D eigenvalue weighted by Gasteiger charge is -2.10. The first-order chi connectivity index (χ1) is 7.74. The van der Waals surface area contributed by atoms with E-state index in [-0.39, 0.29) is 5.97 Å². The van der Waals surface area contributed by atoms with Gasteiger partial charge in [-0.15, -0.1) is 0 Å². The number of rotatable bonds is 3. The molecular formula is C13H16O3. The molecule has 0 amide bonds. The highest BCUT2D eigenvalue weighted by molar-refractivity contribution is 5.70. The van der Waals surface area contributed by atoms with Gasteiger partial charge in [-0.3, -0.25) is 4.79 Å². The fourth-order valence-corrected chi connectivity index (χ4v) is 2.31. The van der Waals surface area contributed by atoms with Gasteiger partial charge >= 0.3 is 5.97 Å². The summed E-state index contributed by atoms with van der Waals surface area (Å²) in [6, 6.07) is 6.08. The minimum Gasteiger partial charge on any atom is -0.497 e. The largest absolute Gasteiger partial charge is 0.497 e. The first-order valence-electron chi connectivity index (χ1n) is 5.48. The lowest BCUT2D eigenvalue weighted by atomic mass is 9.98. The van der Waals surface area contributed by atoms with Gasteiger partial charge in [0.1, 0.15) is 5.75 Å². The van der Waals surface area contributed by atoms with Crippen LogP contribution in [0.15, 0.2) is 18.2 Å². The topological polar surface area (TPSA) is 35.5 Å². The Balaban J connectivity index is 2.17. The second kappa shape index (κ2) is 4.56. The van der Waals surface area contributed by atoms with Crippen LogP contribution >= 0.6 is 0 Å². The predicted molar refractivity (Wildman–Crippen MR) is 60.7 cm³/mol. The van der Waals surface area contributed by atoms with Crippen molar-refractivity contribution in [1.82, 2.24) is 0 Å². The van der Waals surface area contributed by atoms with Crippen molar-refractivity contribution in [3.63, 3.8) is 0 Å². The van der Waals surface area contributed by atoms with E-state index in [1.165, 1.54) is 18.2 Å². The van der Waals surface area contributed by atoms with Crippen LogP contribution in [0.5, 0.6) is 5.75 Å². The van der Waals surface area contributed by atoms with E-state index in [1.807, 2.05) is 6.07 Å². The molecule has 0 N–H and O–H groups in total. The number of hydrogen-bond donors (Lipinski definition) is 0. The van der Waals surface area contributed by atoms with Crippen LogP contribution in [0.4, 0.5) is 0 Å². The SMILES string of the molecule is COC(=O)C[C@@H]1CCc2cc(OC)ccc21. The number of hydrogen-bond acceptors (Lipinski definition) is 3. The van der Waals surface area contributed by atoms with Crippen molar-refractivity contribution in [2.24, 2.45) is 0 Å². The van der Waals surface area contributed by atoms with Crippen LogP contribution in [0, 0.1) is 0 Å². The second-order valence-corrected chi connectivity index (χ2v) is 4.08. The fraction of sp³-hybridized carbons (Fsp3) is 0.462. The van der Waals surface area contributed by atoms with E-state index in [0.29, 0.717) is 12.3 Å². The standard InChI is InChI=1S/C13H16O3/c1-15-11-5-6-12-9(7-11)3-4-10(12)8-13(14)16-2/h5-7,10H,3-4,8H2,1-2H3/t10-/m0/s1. The summed E-state index contributed by atoms with van der Waals surface area (Å²) in [5, 5.41) is 0. The van der Waals surface area contributed by atoms with Crippen molar-refractivity contribution in [3.05, 3.63) is 29.3 Å². The Morgan fingerprint density at radius 1 is 1.44 bits per heavy atom. The molecule has 1 aliphatic rings. The number of fused-ring (bicyclic) bond motifs is 1. The van der Waals surface area contributed by atoms with Gasteiger partial charge in [-0.1, -0.05) is 6.07 Å². The monoisotopic (exact) mass is 220 g/mol. The summed E-state index contributed by atoms with van der Waals surface area (Å²) in [7, 11) is 3.11. The molecule has 0 aromatic heterocycles. The summed E-state index contributed by atoms with van der Waals surface area (Å²) in [6.07, 6.45) is 2.53. The van der Waals surface area contributed by atoms with Gasteiger partial charge < -0.3 is 9.47 Å². The highest BCUT2D eigenvalue weighted by Gasteiger charge is 2.25. The van der Waals surface area contributed by atoms with Crippen molar-refractivity contribution >= 4 is 5.97 Å². The van der Waals surface area contributed by atoms with E-state index in [4.69, 9.17) is 9.47 Å². The Bertz CT molecular complexity index is 398. The van der Waals surface area contributed by atoms with Crippen molar-refractivity contribution in [3.8, 4) is 5.75 Å². The zero-order valence-corrected chi connectivity index (χ0v) is 9.66. The van der Waals surface area contributed by atoms with Gasteiger partial charge in [-0.05, 0) is 42.0 Å². The zero-order valence-electron chi connectivity index (χ0n) is 9.66. The molecule has 1 aromatic rings. The van der Waals surface area contributed by atoms with Crippen molar-refractivity contribution in [2.45, 2.75) is 25.2 Å². The Morgan fingerprint density at radius 2 is 2.25 bits per heavy atom. The maximum atomic E-state index is 11.3. The minimum atomic E-state index is -0.131. The van der Waals surface area contributed by atoms with Gasteiger partial charge in [-0.25, -0.2) is 0 Å². The van der Waals surface area contributed by atoms with Crippen LogP contribution in [0.3, 0.4) is 0 Å². The number of carbonyl (C=O) groups is 1. The molecule has 0 unspecified atom stereocenters. The van der Waals surface area contributed by atoms with Crippen LogP contribution in [0.25, 0.3) is 0 Å². The Morgan fingerprint density at radius 3 is 2.94 bits per heavy atom. The molecule has 0 saturated carbocycles. The predicted octanol–water partition coefficient (Wildman–Crippen LogP) is 2.29. The molecule has 3 nitrogen and oxygen atoms in total. The van der Waals surface area contributed by atoms with Gasteiger partial charge in [0.05, 0.1) is 20.6 Å². The molecule has 0 spiro atoms. The molecule has 0 aliphatic heterocycles. The van der Waals surface area contributed by atoms with Crippen LogP contribution in [-0.4, -0.2) is 20.2 Å². The van der Waals surface area contributed by atoms with E-state index >= 15 is 0 Å². The normalized spacial score (nSPS) is 18.0. The Hall–Kier alpha value is -1.51. The summed E-state index contributed by atoms with van der Waals surface area (Å²) < 4.78 is 9.89. The third kappa shape index (κ3) is 2.03. The maximum Gasteiger partial charge on any atom is 0.306 e. The van der Waals surface area contributed by atoms with Gasteiger partial charge in [0.15, 0.2) is 0 Å². The Kier molecular flexibility index (Phi) is 3.13. The number of aryl methyl sites for hydroxylation is 1. The summed E-state index contributed by atoms with van der Waals surface area (Å²) in [5.41, 5.74) is 2.57. The molecule has 0 radical (unpaired) electrons. The molecule has 1 aliphatic carbocycles. The van der Waals surface area contributed by atoms with Gasteiger partial charge in [-0.2, -0.15) is 0 Å². The highest BCUT2D eigenvalue weighted by Crippen LogP contribution is 2.37. The van der Waals surface area contributed by atoms with Crippen molar-refractivity contribution < 1.29 is 14.3 Å². The van der Waals surface area contributed by atoms with Gasteiger partial charge in [0.2, 0.25) is 0 Å². The average molecular weight is 220 g/mol. The smallest absolute Gasteiger partial charge is 0.306 e. The van der Waals surface area contributed by atoms with E-state index in [9.17, 15) is 4.79 Å². The number of ether oxygens (including phenoxy) is 2. The average Bonchev–Trinajstić information content (AvgIpc) is 2.71. The quantitative estimate of drug-likeness (QED) is 0.733. The van der Waals surface area contributed by atoms with Gasteiger partial charge in [0, 0.05) is 0 Å². The maximum absolute atomic E-state index is 11.3. The number of benzene rings is 1. The summed E-state index contributed by atoms with van der Waals surface area (Å²) in [4.78, 5) is 11.3. The lowest BCUT2D eigenvalue weighted by Crippen LogP contribution is -2.06. The van der Waals surface area contributed by atoms with Crippen molar-refractivity contribution in [1.29, 1.82) is 0 Å². The molecule has 1 atom stereocenters. The molecular weight excluding hydrogens is 204 g/mol. The third-order valence-corrected chi connectivity index (χ3v) is 3.19. The molecule has 1 aromatic carbocycles. The van der Waals surface area contributed by atoms with E-state index in [0.717, 1.165) is 18.6 Å². The molecule has 0 bridgehead atoms. The molecule has 2 rings (SSSR count). The van der Waals surface area contributed by atoms with Crippen LogP contribution in [-0.2, 0) is 16.0 Å². The molecule has 86 valence electrons. The third-order valence-electron chi connectivity index (χ3n) is 3.19. The van der Waals surface area contributed by atoms with E-state index in [2.05, 4.69) is 12.1 Å². The first kappa shape index (κ1) is 11.0. The Labute approximate surface area is 95.4 Å². The molecule has 3 heteroatoms.